The molecule has 1 atom stereocenters. The maximum atomic E-state index is 12.4. The van der Waals surface area contributed by atoms with Crippen LogP contribution in [-0.4, -0.2) is 63.4 Å². The number of amides is 1. The molecule has 3 aromatic rings. The molecule has 1 amide bonds. The lowest BCUT2D eigenvalue weighted by Crippen LogP contribution is -2.43. The average Bonchev–Trinajstić information content (AvgIpc) is 3.47. The minimum absolute atomic E-state index is 0.0618. The van der Waals surface area contributed by atoms with Crippen LogP contribution in [0, 0.1) is 5.92 Å². The van der Waals surface area contributed by atoms with Gasteiger partial charge in [0.15, 0.2) is 33.6 Å². The molecule has 0 radical (unpaired) electrons. The highest BCUT2D eigenvalue weighted by Gasteiger charge is 2.27. The number of imidazole rings is 1. The number of nitrogens with two attached hydrogens (primary N) is 1. The zero-order valence-corrected chi connectivity index (χ0v) is 22.0. The number of nitrogens with zero attached hydrogens (tertiary/aromatic N) is 5. The summed E-state index contributed by atoms with van der Waals surface area (Å²) in [6, 6.07) is 3.86. The summed E-state index contributed by atoms with van der Waals surface area (Å²) in [5, 5.41) is 0.785. The average molecular weight is 563 g/mol. The Kier molecular flexibility index (Phi) is 7.03. The minimum atomic E-state index is -0.399. The smallest absolute Gasteiger partial charge is 0.251 e. The predicted molar refractivity (Wildman–Crippen MR) is 135 cm³/mol. The maximum absolute atomic E-state index is 12.4. The van der Waals surface area contributed by atoms with Crippen LogP contribution in [0.2, 0.25) is 0 Å². The highest BCUT2D eigenvalue weighted by atomic mass is 79.9. The van der Waals surface area contributed by atoms with Gasteiger partial charge >= 0.3 is 0 Å². The second kappa shape index (κ2) is 10.2. The van der Waals surface area contributed by atoms with E-state index in [0.29, 0.717) is 23.0 Å². The summed E-state index contributed by atoms with van der Waals surface area (Å²) in [5.74, 6) is 2.35. The Balaban J connectivity index is 1.33. The van der Waals surface area contributed by atoms with Crippen LogP contribution in [0.25, 0.3) is 11.2 Å². The van der Waals surface area contributed by atoms with E-state index in [-0.39, 0.29) is 12.7 Å². The van der Waals surface area contributed by atoms with Crippen molar-refractivity contribution in [2.45, 2.75) is 48.9 Å². The summed E-state index contributed by atoms with van der Waals surface area (Å²) in [7, 11) is 1.57. The number of anilines is 1. The van der Waals surface area contributed by atoms with Gasteiger partial charge in [0.1, 0.15) is 12.4 Å². The van der Waals surface area contributed by atoms with Gasteiger partial charge < -0.3 is 29.4 Å². The van der Waals surface area contributed by atoms with E-state index in [1.807, 2.05) is 17.0 Å². The van der Waals surface area contributed by atoms with Gasteiger partial charge in [-0.15, -0.1) is 0 Å². The van der Waals surface area contributed by atoms with E-state index in [0.717, 1.165) is 64.8 Å². The molecule has 1 aromatic carbocycles. The van der Waals surface area contributed by atoms with E-state index in [4.69, 9.17) is 24.9 Å². The van der Waals surface area contributed by atoms with Crippen molar-refractivity contribution < 1.29 is 19.0 Å². The van der Waals surface area contributed by atoms with Gasteiger partial charge in [0, 0.05) is 36.1 Å². The van der Waals surface area contributed by atoms with Crippen LogP contribution in [0.4, 0.5) is 5.82 Å². The molecule has 2 N–H and O–H groups in total. The topological polar surface area (TPSA) is 118 Å². The molecule has 0 unspecified atom stereocenters. The molecule has 0 aliphatic carbocycles. The number of hydrogen-bond acceptors (Lipinski definition) is 9. The monoisotopic (exact) mass is 562 g/mol. The second-order valence-electron chi connectivity index (χ2n) is 8.65. The van der Waals surface area contributed by atoms with E-state index in [1.54, 1.807) is 14.0 Å². The van der Waals surface area contributed by atoms with E-state index in [2.05, 4.69) is 30.5 Å². The van der Waals surface area contributed by atoms with Gasteiger partial charge in [-0.05, 0) is 60.2 Å². The molecule has 2 aliphatic rings. The van der Waals surface area contributed by atoms with Crippen molar-refractivity contribution in [3.8, 4) is 11.5 Å². The lowest BCUT2D eigenvalue weighted by atomic mass is 9.93. The highest BCUT2D eigenvalue weighted by molar-refractivity contribution is 9.10. The van der Waals surface area contributed by atoms with Crippen molar-refractivity contribution in [3.63, 3.8) is 0 Å². The number of aryl methyl sites for hydroxylation is 1. The third-order valence-electron chi connectivity index (χ3n) is 6.54. The molecule has 0 saturated carbocycles. The zero-order chi connectivity index (χ0) is 24.5. The number of piperidine rings is 1. The number of carbonyl (C=O) groups is 1. The molecule has 1 fully saturated rings. The number of nitrogen functional groups attached to an aromatic ring is 1. The number of rotatable bonds is 7. The molecular formula is C23H27BrN6O4S. The number of benzene rings is 1. The van der Waals surface area contributed by atoms with Crippen molar-refractivity contribution in [1.29, 1.82) is 0 Å². The molecule has 186 valence electrons. The van der Waals surface area contributed by atoms with Gasteiger partial charge in [-0.1, -0.05) is 11.8 Å². The zero-order valence-electron chi connectivity index (χ0n) is 19.6. The standard InChI is InChI=1S/C23H27BrN6O4S/c1-13(32-2)22(31)29-6-3-14(4-7-29)5-8-30-21-19(20(25)26-11-27-21)28-23(30)35-18-10-17-16(9-15(18)24)33-12-34-17/h9-11,13-14H,3-8,12H2,1-2H3,(H2,25,26,27)/t13-/m0/s1. The van der Waals surface area contributed by atoms with Crippen LogP contribution in [0.5, 0.6) is 11.5 Å². The first-order chi connectivity index (χ1) is 16.9. The van der Waals surface area contributed by atoms with Gasteiger partial charge in [-0.25, -0.2) is 15.0 Å². The summed E-state index contributed by atoms with van der Waals surface area (Å²) >= 11 is 5.15. The molecule has 12 heteroatoms. The Morgan fingerprint density at radius 3 is 2.77 bits per heavy atom. The maximum Gasteiger partial charge on any atom is 0.251 e. The normalized spacial score (nSPS) is 16.7. The van der Waals surface area contributed by atoms with Crippen molar-refractivity contribution in [1.82, 2.24) is 24.4 Å². The number of methoxy groups -OCH3 is 1. The van der Waals surface area contributed by atoms with E-state index >= 15 is 0 Å². The number of aromatic nitrogens is 4. The lowest BCUT2D eigenvalue weighted by molar-refractivity contribution is -0.142. The first-order valence-corrected chi connectivity index (χ1v) is 13.1. The Bertz CT molecular complexity index is 1250. The summed E-state index contributed by atoms with van der Waals surface area (Å²) in [5.41, 5.74) is 7.44. The van der Waals surface area contributed by atoms with Crippen molar-refractivity contribution in [3.05, 3.63) is 22.9 Å². The van der Waals surface area contributed by atoms with E-state index in [1.165, 1.54) is 18.1 Å². The molecule has 0 spiro atoms. The van der Waals surface area contributed by atoms with Gasteiger partial charge in [-0.2, -0.15) is 0 Å². The van der Waals surface area contributed by atoms with Gasteiger partial charge in [0.2, 0.25) is 6.79 Å². The van der Waals surface area contributed by atoms with Crippen LogP contribution < -0.4 is 15.2 Å². The van der Waals surface area contributed by atoms with Crippen molar-refractivity contribution in [2.24, 2.45) is 5.92 Å². The molecular weight excluding hydrogens is 536 g/mol. The fourth-order valence-electron chi connectivity index (χ4n) is 4.40. The summed E-state index contributed by atoms with van der Waals surface area (Å²) < 4.78 is 19.2. The molecule has 2 aromatic heterocycles. The Labute approximate surface area is 215 Å². The first kappa shape index (κ1) is 24.1. The van der Waals surface area contributed by atoms with E-state index < -0.39 is 6.10 Å². The second-order valence-corrected chi connectivity index (χ2v) is 10.5. The Morgan fingerprint density at radius 2 is 2.03 bits per heavy atom. The third-order valence-corrected chi connectivity index (χ3v) is 8.51. The molecule has 2 aliphatic heterocycles. The molecule has 5 rings (SSSR count). The van der Waals surface area contributed by atoms with Gasteiger partial charge in [0.25, 0.3) is 5.91 Å². The van der Waals surface area contributed by atoms with Crippen LogP contribution >= 0.6 is 27.7 Å². The lowest BCUT2D eigenvalue weighted by Gasteiger charge is -2.33. The fourth-order valence-corrected chi connectivity index (χ4v) is 5.91. The van der Waals surface area contributed by atoms with Crippen LogP contribution in [0.15, 0.2) is 33.0 Å². The SMILES string of the molecule is CO[C@@H](C)C(=O)N1CCC(CCn2c(Sc3cc4c(cc3Br)OCO4)nc3c(N)ncnc32)CC1. The fraction of sp³-hybridized carbons (Fsp3) is 0.478. The first-order valence-electron chi connectivity index (χ1n) is 11.5. The van der Waals surface area contributed by atoms with Gasteiger partial charge in [-0.3, -0.25) is 4.79 Å². The number of likely N-dealkylation sites (tertiary alicyclic amines) is 1. The summed E-state index contributed by atoms with van der Waals surface area (Å²) in [4.78, 5) is 28.7. The Morgan fingerprint density at radius 1 is 1.29 bits per heavy atom. The predicted octanol–water partition coefficient (Wildman–Crippen LogP) is 3.71. The van der Waals surface area contributed by atoms with Crippen LogP contribution in [-0.2, 0) is 16.1 Å². The van der Waals surface area contributed by atoms with Gasteiger partial charge in [0.05, 0.1) is 0 Å². The molecule has 0 bridgehead atoms. The number of fused-ring (bicyclic) bond motifs is 2. The van der Waals surface area contributed by atoms with E-state index in [9.17, 15) is 4.79 Å². The summed E-state index contributed by atoms with van der Waals surface area (Å²) in [6.45, 7) is 4.26. The number of carbonyl (C=O) groups excluding carboxylic acids is 1. The minimum Gasteiger partial charge on any atom is -0.454 e. The molecule has 4 heterocycles. The highest BCUT2D eigenvalue weighted by Crippen LogP contribution is 2.43. The van der Waals surface area contributed by atoms with Crippen molar-refractivity contribution in [2.75, 3.05) is 32.7 Å². The largest absolute Gasteiger partial charge is 0.454 e. The van der Waals surface area contributed by atoms with Crippen LogP contribution in [0.3, 0.4) is 0 Å². The molecule has 1 saturated heterocycles. The van der Waals surface area contributed by atoms with Crippen LogP contribution in [0.1, 0.15) is 26.2 Å². The Hall–Kier alpha value is -2.57. The number of ether oxygens (including phenoxy) is 3. The van der Waals surface area contributed by atoms with Crippen molar-refractivity contribution >= 4 is 50.6 Å². The quantitative estimate of drug-likeness (QED) is 0.459. The summed E-state index contributed by atoms with van der Waals surface area (Å²) in [6.07, 6.45) is 3.95. The molecule has 35 heavy (non-hydrogen) atoms. The number of hydrogen-bond donors (Lipinski definition) is 1. The number of halogens is 1. The third kappa shape index (κ3) is 4.91. The molecule has 10 nitrogen and oxygen atoms in total.